The first-order chi connectivity index (χ1) is 8.58. The third-order valence-corrected chi connectivity index (χ3v) is 4.39. The van der Waals surface area contributed by atoms with E-state index in [9.17, 15) is 9.59 Å². The number of likely N-dealkylation sites (tertiary alicyclic amines) is 1. The number of rotatable bonds is 3. The molecule has 1 aliphatic rings. The van der Waals surface area contributed by atoms with Crippen molar-refractivity contribution in [2.24, 2.45) is 0 Å². The molecule has 2 heterocycles. The van der Waals surface area contributed by atoms with Crippen molar-refractivity contribution in [3.8, 4) is 0 Å². The van der Waals surface area contributed by atoms with Gasteiger partial charge >= 0.3 is 5.97 Å². The summed E-state index contributed by atoms with van der Waals surface area (Å²) in [6.45, 7) is 0.522. The molecule has 4 nitrogen and oxygen atoms in total. The summed E-state index contributed by atoms with van der Waals surface area (Å²) in [7, 11) is 0. The van der Waals surface area contributed by atoms with Crippen LogP contribution in [0.1, 0.15) is 17.7 Å². The van der Waals surface area contributed by atoms with Crippen molar-refractivity contribution in [2.45, 2.75) is 18.9 Å². The van der Waals surface area contributed by atoms with E-state index in [1.807, 2.05) is 12.1 Å². The molecule has 0 bridgehead atoms. The molecule has 1 fully saturated rings. The molecule has 0 spiro atoms. The predicted octanol–water partition coefficient (Wildman–Crippen LogP) is 2.60. The van der Waals surface area contributed by atoms with Crippen LogP contribution in [0.5, 0.6) is 0 Å². The summed E-state index contributed by atoms with van der Waals surface area (Å²) in [5.74, 6) is -1.16. The zero-order chi connectivity index (χ0) is 13.1. The van der Waals surface area contributed by atoms with Crippen LogP contribution in [0.4, 0.5) is 0 Å². The molecule has 1 saturated heterocycles. The molecular weight excluding hydrogens is 318 g/mol. The zero-order valence-corrected chi connectivity index (χ0v) is 11.9. The zero-order valence-electron chi connectivity index (χ0n) is 9.51. The summed E-state index contributed by atoms with van der Waals surface area (Å²) >= 11 is 4.87. The number of carboxylic acid groups (broad SMARTS) is 1. The Morgan fingerprint density at radius 2 is 2.28 bits per heavy atom. The van der Waals surface area contributed by atoms with Gasteiger partial charge < -0.3 is 10.0 Å². The Kier molecular flexibility index (Phi) is 4.19. The minimum absolute atomic E-state index is 0.232. The quantitative estimate of drug-likeness (QED) is 0.867. The standard InChI is InChI=1S/C12H12BrNO3S/c13-10-5-3-8(18-10)4-6-11(15)14-7-1-2-9(14)12(16)17/h3-6,9H,1-2,7H2,(H,16,17)/b6-4-/t9-/m1/s1. The molecular formula is C12H12BrNO3S. The number of carbonyl (C=O) groups is 2. The van der Waals surface area contributed by atoms with Gasteiger partial charge in [0.05, 0.1) is 3.79 Å². The van der Waals surface area contributed by atoms with Crippen LogP contribution in [-0.4, -0.2) is 34.5 Å². The second kappa shape index (κ2) is 5.67. The van der Waals surface area contributed by atoms with E-state index in [4.69, 9.17) is 5.11 Å². The SMILES string of the molecule is O=C(O)[C@H]1CCCN1C(=O)/C=C\c1ccc(Br)s1. The van der Waals surface area contributed by atoms with Gasteiger partial charge in [0.1, 0.15) is 6.04 Å². The number of halogens is 1. The van der Waals surface area contributed by atoms with Crippen molar-refractivity contribution in [1.82, 2.24) is 4.90 Å². The van der Waals surface area contributed by atoms with Gasteiger partial charge in [-0.1, -0.05) is 0 Å². The highest BCUT2D eigenvalue weighted by Crippen LogP contribution is 2.23. The Balaban J connectivity index is 2.03. The number of amides is 1. The number of thiophene rings is 1. The van der Waals surface area contributed by atoms with E-state index in [-0.39, 0.29) is 5.91 Å². The fourth-order valence-electron chi connectivity index (χ4n) is 1.95. The molecule has 0 unspecified atom stereocenters. The molecule has 0 aromatic carbocycles. The number of nitrogens with zero attached hydrogens (tertiary/aromatic N) is 1. The van der Waals surface area contributed by atoms with E-state index < -0.39 is 12.0 Å². The first kappa shape index (κ1) is 13.3. The maximum absolute atomic E-state index is 11.9. The molecule has 0 saturated carbocycles. The first-order valence-electron chi connectivity index (χ1n) is 5.55. The summed E-state index contributed by atoms with van der Waals surface area (Å²) in [6, 6.07) is 3.14. The van der Waals surface area contributed by atoms with Gasteiger partial charge in [-0.3, -0.25) is 4.79 Å². The van der Waals surface area contributed by atoms with Gasteiger partial charge in [0.2, 0.25) is 5.91 Å². The van der Waals surface area contributed by atoms with Crippen LogP contribution in [0.3, 0.4) is 0 Å². The lowest BCUT2D eigenvalue weighted by atomic mass is 10.2. The average Bonchev–Trinajstić information content (AvgIpc) is 2.94. The van der Waals surface area contributed by atoms with E-state index in [2.05, 4.69) is 15.9 Å². The molecule has 0 radical (unpaired) electrons. The summed E-state index contributed by atoms with van der Waals surface area (Å²) in [4.78, 5) is 25.3. The van der Waals surface area contributed by atoms with E-state index in [1.54, 1.807) is 6.08 Å². The van der Waals surface area contributed by atoms with Crippen molar-refractivity contribution >= 4 is 45.2 Å². The summed E-state index contributed by atoms with van der Waals surface area (Å²) in [5, 5.41) is 9.00. The first-order valence-corrected chi connectivity index (χ1v) is 7.15. The monoisotopic (exact) mass is 329 g/mol. The van der Waals surface area contributed by atoms with Crippen LogP contribution in [0, 0.1) is 0 Å². The third kappa shape index (κ3) is 3.00. The van der Waals surface area contributed by atoms with Crippen LogP contribution in [0.15, 0.2) is 22.0 Å². The van der Waals surface area contributed by atoms with Gasteiger partial charge in [-0.15, -0.1) is 11.3 Å². The maximum Gasteiger partial charge on any atom is 0.326 e. The van der Waals surface area contributed by atoms with Crippen molar-refractivity contribution in [1.29, 1.82) is 0 Å². The number of carbonyl (C=O) groups excluding carboxylic acids is 1. The predicted molar refractivity (Wildman–Crippen MR) is 73.4 cm³/mol. The lowest BCUT2D eigenvalue weighted by molar-refractivity contribution is -0.146. The van der Waals surface area contributed by atoms with E-state index in [0.717, 1.165) is 15.1 Å². The minimum Gasteiger partial charge on any atom is -0.480 e. The van der Waals surface area contributed by atoms with Gasteiger partial charge in [-0.2, -0.15) is 0 Å². The third-order valence-electron chi connectivity index (χ3n) is 2.81. The van der Waals surface area contributed by atoms with Crippen LogP contribution in [0.25, 0.3) is 6.08 Å². The maximum atomic E-state index is 11.9. The minimum atomic E-state index is -0.923. The van der Waals surface area contributed by atoms with Gasteiger partial charge in [0, 0.05) is 17.5 Å². The molecule has 1 aliphatic heterocycles. The fourth-order valence-corrected chi connectivity index (χ4v) is 3.28. The number of hydrogen-bond donors (Lipinski definition) is 1. The Bertz CT molecular complexity index is 497. The number of hydrogen-bond acceptors (Lipinski definition) is 3. The van der Waals surface area contributed by atoms with Crippen molar-refractivity contribution < 1.29 is 14.7 Å². The highest BCUT2D eigenvalue weighted by atomic mass is 79.9. The fraction of sp³-hybridized carbons (Fsp3) is 0.333. The lowest BCUT2D eigenvalue weighted by Crippen LogP contribution is -2.39. The van der Waals surface area contributed by atoms with Gasteiger partial charge in [-0.05, 0) is 47.0 Å². The van der Waals surface area contributed by atoms with E-state index in [1.165, 1.54) is 22.3 Å². The number of carboxylic acids is 1. The lowest BCUT2D eigenvalue weighted by Gasteiger charge is -2.19. The molecule has 96 valence electrons. The van der Waals surface area contributed by atoms with Crippen molar-refractivity contribution in [3.05, 3.63) is 26.9 Å². The number of aliphatic carboxylic acids is 1. The largest absolute Gasteiger partial charge is 0.480 e. The smallest absolute Gasteiger partial charge is 0.326 e. The Morgan fingerprint density at radius 1 is 1.50 bits per heavy atom. The second-order valence-electron chi connectivity index (χ2n) is 4.00. The Labute approximate surface area is 117 Å². The van der Waals surface area contributed by atoms with Crippen LogP contribution in [0.2, 0.25) is 0 Å². The van der Waals surface area contributed by atoms with E-state index in [0.29, 0.717) is 13.0 Å². The highest BCUT2D eigenvalue weighted by molar-refractivity contribution is 9.11. The molecule has 1 aromatic heterocycles. The van der Waals surface area contributed by atoms with Crippen LogP contribution in [-0.2, 0) is 9.59 Å². The molecule has 2 rings (SSSR count). The average molecular weight is 330 g/mol. The molecule has 1 N–H and O–H groups in total. The van der Waals surface area contributed by atoms with Crippen molar-refractivity contribution in [2.75, 3.05) is 6.54 Å². The Hall–Kier alpha value is -1.14. The highest BCUT2D eigenvalue weighted by Gasteiger charge is 2.32. The Morgan fingerprint density at radius 3 is 2.89 bits per heavy atom. The molecule has 1 amide bonds. The van der Waals surface area contributed by atoms with E-state index >= 15 is 0 Å². The topological polar surface area (TPSA) is 57.6 Å². The summed E-state index contributed by atoms with van der Waals surface area (Å²) < 4.78 is 0.999. The summed E-state index contributed by atoms with van der Waals surface area (Å²) in [5.41, 5.74) is 0. The van der Waals surface area contributed by atoms with Gasteiger partial charge in [-0.25, -0.2) is 4.79 Å². The van der Waals surface area contributed by atoms with Gasteiger partial charge in [0.25, 0.3) is 0 Å². The molecule has 6 heteroatoms. The van der Waals surface area contributed by atoms with Crippen molar-refractivity contribution in [3.63, 3.8) is 0 Å². The molecule has 1 aromatic rings. The normalized spacial score (nSPS) is 19.6. The molecule has 1 atom stereocenters. The molecule has 0 aliphatic carbocycles. The molecule has 18 heavy (non-hydrogen) atoms. The summed E-state index contributed by atoms with van der Waals surface area (Å²) in [6.07, 6.45) is 4.45. The van der Waals surface area contributed by atoms with Gasteiger partial charge in [0.15, 0.2) is 0 Å². The van der Waals surface area contributed by atoms with Crippen LogP contribution >= 0.6 is 27.3 Å². The second-order valence-corrected chi connectivity index (χ2v) is 6.50. The van der Waals surface area contributed by atoms with Crippen LogP contribution < -0.4 is 0 Å².